The minimum atomic E-state index is 0.660. The van der Waals surface area contributed by atoms with Gasteiger partial charge in [0, 0.05) is 17.4 Å². The van der Waals surface area contributed by atoms with E-state index in [0.717, 1.165) is 28.0 Å². The Bertz CT molecular complexity index is 1160. The third kappa shape index (κ3) is 4.81. The van der Waals surface area contributed by atoms with Crippen molar-refractivity contribution < 1.29 is 9.47 Å². The first-order valence-corrected chi connectivity index (χ1v) is 10.9. The van der Waals surface area contributed by atoms with Gasteiger partial charge in [0.05, 0.1) is 19.9 Å². The summed E-state index contributed by atoms with van der Waals surface area (Å²) in [6, 6.07) is 26.1. The Labute approximate surface area is 186 Å². The lowest BCUT2D eigenvalue weighted by molar-refractivity contribution is 0.355. The lowest BCUT2D eigenvalue weighted by atomic mass is 10.2. The van der Waals surface area contributed by atoms with Gasteiger partial charge in [-0.05, 0) is 17.7 Å². The number of rotatable bonds is 8. The summed E-state index contributed by atoms with van der Waals surface area (Å²) in [5.41, 5.74) is 3.09. The van der Waals surface area contributed by atoms with E-state index in [1.165, 1.54) is 5.56 Å². The molecule has 4 aromatic rings. The predicted molar refractivity (Wildman–Crippen MR) is 126 cm³/mol. The molecule has 0 saturated carbocycles. The highest BCUT2D eigenvalue weighted by Crippen LogP contribution is 2.33. The van der Waals surface area contributed by atoms with Crippen LogP contribution in [0.5, 0.6) is 11.5 Å². The lowest BCUT2D eigenvalue weighted by Crippen LogP contribution is -2.01. The first-order valence-electron chi connectivity index (χ1n) is 9.88. The van der Waals surface area contributed by atoms with E-state index in [-0.39, 0.29) is 0 Å². The van der Waals surface area contributed by atoms with Gasteiger partial charge in [0.2, 0.25) is 0 Å². The number of benzene rings is 3. The molecule has 0 aliphatic rings. The second-order valence-electron chi connectivity index (χ2n) is 6.67. The topological polar surface area (TPSA) is 49.2 Å². The van der Waals surface area contributed by atoms with E-state index in [1.54, 1.807) is 26.0 Å². The lowest BCUT2D eigenvalue weighted by Gasteiger charge is -2.13. The van der Waals surface area contributed by atoms with E-state index in [1.807, 2.05) is 66.7 Å². The van der Waals surface area contributed by atoms with Crippen molar-refractivity contribution in [3.05, 3.63) is 90.5 Å². The maximum Gasteiger partial charge on any atom is 0.196 e. The molecular formula is C25H23N3O2S. The molecule has 1 heterocycles. The van der Waals surface area contributed by atoms with Crippen LogP contribution in [-0.4, -0.2) is 34.7 Å². The quantitative estimate of drug-likeness (QED) is 0.334. The zero-order valence-corrected chi connectivity index (χ0v) is 18.3. The average molecular weight is 430 g/mol. The number of hydrogen-bond donors (Lipinski definition) is 0. The summed E-state index contributed by atoms with van der Waals surface area (Å²) in [6.07, 6.45) is 4.25. The first kappa shape index (κ1) is 20.8. The van der Waals surface area contributed by atoms with Crippen molar-refractivity contribution in [2.75, 3.05) is 20.0 Å². The summed E-state index contributed by atoms with van der Waals surface area (Å²) in [7, 11) is 3.27. The highest BCUT2D eigenvalue weighted by Gasteiger charge is 2.17. The van der Waals surface area contributed by atoms with E-state index in [0.29, 0.717) is 11.5 Å². The van der Waals surface area contributed by atoms with E-state index >= 15 is 0 Å². The van der Waals surface area contributed by atoms with Crippen molar-refractivity contribution >= 4 is 17.8 Å². The standard InChI is InChI=1S/C25H23N3O2S/c1-29-22-16-15-21(18-23(22)30-2)28-24(20-13-7-4-8-14-20)26-27-25(28)31-17-9-12-19-10-5-3-6-11-19/h3-16,18H,17H2,1-2H3/b12-9+. The smallest absolute Gasteiger partial charge is 0.196 e. The Balaban J connectivity index is 1.68. The molecule has 31 heavy (non-hydrogen) atoms. The van der Waals surface area contributed by atoms with Crippen LogP contribution < -0.4 is 9.47 Å². The highest BCUT2D eigenvalue weighted by molar-refractivity contribution is 7.99. The summed E-state index contributed by atoms with van der Waals surface area (Å²) in [4.78, 5) is 0. The monoisotopic (exact) mass is 429 g/mol. The second-order valence-corrected chi connectivity index (χ2v) is 7.66. The Kier molecular flexibility index (Phi) is 6.69. The number of aromatic nitrogens is 3. The molecule has 0 unspecified atom stereocenters. The Morgan fingerprint density at radius 2 is 1.55 bits per heavy atom. The molecule has 0 bridgehead atoms. The van der Waals surface area contributed by atoms with Gasteiger partial charge in [-0.3, -0.25) is 4.57 Å². The summed E-state index contributed by atoms with van der Waals surface area (Å²) >= 11 is 1.63. The molecule has 0 fully saturated rings. The van der Waals surface area contributed by atoms with Gasteiger partial charge in [-0.25, -0.2) is 0 Å². The van der Waals surface area contributed by atoms with Crippen molar-refractivity contribution in [1.29, 1.82) is 0 Å². The van der Waals surface area contributed by atoms with Gasteiger partial charge in [-0.15, -0.1) is 10.2 Å². The van der Waals surface area contributed by atoms with Crippen molar-refractivity contribution in [2.45, 2.75) is 5.16 Å². The number of nitrogens with zero attached hydrogens (tertiary/aromatic N) is 3. The first-order chi connectivity index (χ1) is 15.3. The van der Waals surface area contributed by atoms with Crippen LogP contribution in [0.15, 0.2) is 90.1 Å². The van der Waals surface area contributed by atoms with Crippen molar-refractivity contribution in [3.8, 4) is 28.6 Å². The molecular weight excluding hydrogens is 406 g/mol. The van der Waals surface area contributed by atoms with Gasteiger partial charge in [0.1, 0.15) is 0 Å². The molecule has 0 aliphatic carbocycles. The van der Waals surface area contributed by atoms with Crippen molar-refractivity contribution in [3.63, 3.8) is 0 Å². The van der Waals surface area contributed by atoms with E-state index in [2.05, 4.69) is 39.0 Å². The van der Waals surface area contributed by atoms with Gasteiger partial charge in [-0.1, -0.05) is 84.6 Å². The van der Waals surface area contributed by atoms with E-state index in [4.69, 9.17) is 9.47 Å². The normalized spacial score (nSPS) is 11.0. The third-order valence-electron chi connectivity index (χ3n) is 4.71. The molecule has 156 valence electrons. The summed E-state index contributed by atoms with van der Waals surface area (Å²) in [5, 5.41) is 9.78. The van der Waals surface area contributed by atoms with Crippen LogP contribution in [-0.2, 0) is 0 Å². The number of methoxy groups -OCH3 is 2. The minimum absolute atomic E-state index is 0.660. The molecule has 0 N–H and O–H groups in total. The van der Waals surface area contributed by atoms with Crippen molar-refractivity contribution in [2.24, 2.45) is 0 Å². The van der Waals surface area contributed by atoms with Crippen LogP contribution in [0, 0.1) is 0 Å². The van der Waals surface area contributed by atoms with Crippen LogP contribution in [0.25, 0.3) is 23.2 Å². The van der Waals surface area contributed by atoms with Gasteiger partial charge in [-0.2, -0.15) is 0 Å². The van der Waals surface area contributed by atoms with Gasteiger partial charge < -0.3 is 9.47 Å². The summed E-state index contributed by atoms with van der Waals surface area (Å²) in [6.45, 7) is 0. The molecule has 0 saturated heterocycles. The maximum absolute atomic E-state index is 5.51. The molecule has 1 aromatic heterocycles. The molecule has 0 aliphatic heterocycles. The van der Waals surface area contributed by atoms with Gasteiger partial charge in [0.15, 0.2) is 22.5 Å². The van der Waals surface area contributed by atoms with Crippen LogP contribution in [0.1, 0.15) is 5.56 Å². The van der Waals surface area contributed by atoms with Crippen LogP contribution >= 0.6 is 11.8 Å². The fourth-order valence-electron chi connectivity index (χ4n) is 3.21. The second kappa shape index (κ2) is 10.00. The van der Waals surface area contributed by atoms with Gasteiger partial charge >= 0.3 is 0 Å². The minimum Gasteiger partial charge on any atom is -0.493 e. The van der Waals surface area contributed by atoms with E-state index < -0.39 is 0 Å². The number of thioether (sulfide) groups is 1. The molecule has 6 heteroatoms. The maximum atomic E-state index is 5.51. The number of hydrogen-bond acceptors (Lipinski definition) is 5. The fraction of sp³-hybridized carbons (Fsp3) is 0.120. The van der Waals surface area contributed by atoms with Crippen LogP contribution in [0.4, 0.5) is 0 Å². The molecule has 4 rings (SSSR count). The Morgan fingerprint density at radius 3 is 2.26 bits per heavy atom. The Morgan fingerprint density at radius 1 is 0.839 bits per heavy atom. The zero-order valence-electron chi connectivity index (χ0n) is 17.4. The molecule has 0 radical (unpaired) electrons. The van der Waals surface area contributed by atoms with Crippen molar-refractivity contribution in [1.82, 2.24) is 14.8 Å². The Hall–Kier alpha value is -3.51. The van der Waals surface area contributed by atoms with Crippen LogP contribution in [0.3, 0.4) is 0 Å². The average Bonchev–Trinajstić information content (AvgIpc) is 3.26. The SMILES string of the molecule is COc1ccc(-n2c(SC/C=C/c3ccccc3)nnc2-c2ccccc2)cc1OC. The molecule has 0 spiro atoms. The molecule has 3 aromatic carbocycles. The fourth-order valence-corrected chi connectivity index (χ4v) is 3.97. The number of ether oxygens (including phenoxy) is 2. The van der Waals surface area contributed by atoms with E-state index in [9.17, 15) is 0 Å². The molecule has 5 nitrogen and oxygen atoms in total. The summed E-state index contributed by atoms with van der Waals surface area (Å²) in [5.74, 6) is 2.89. The predicted octanol–water partition coefficient (Wildman–Crippen LogP) is 5.76. The third-order valence-corrected chi connectivity index (χ3v) is 5.59. The van der Waals surface area contributed by atoms with Gasteiger partial charge in [0.25, 0.3) is 0 Å². The molecule has 0 amide bonds. The van der Waals surface area contributed by atoms with Crippen LogP contribution in [0.2, 0.25) is 0 Å². The largest absolute Gasteiger partial charge is 0.493 e. The highest BCUT2D eigenvalue weighted by atomic mass is 32.2. The molecule has 0 atom stereocenters. The summed E-state index contributed by atoms with van der Waals surface area (Å²) < 4.78 is 13.0. The zero-order chi connectivity index (χ0) is 21.5.